The Morgan fingerprint density at radius 3 is 1.30 bits per heavy atom. The van der Waals surface area contributed by atoms with Crippen molar-refractivity contribution < 1.29 is 44.3 Å². The molecular weight excluding hydrogens is 404 g/mol. The van der Waals surface area contributed by atoms with Crippen LogP contribution in [0.5, 0.6) is 0 Å². The molecule has 0 N–H and O–H groups in total. The van der Waals surface area contributed by atoms with Crippen molar-refractivity contribution in [1.29, 1.82) is 0 Å². The fraction of sp³-hybridized carbons (Fsp3) is 0.867. The van der Waals surface area contributed by atoms with Crippen LogP contribution in [0.3, 0.4) is 0 Å². The molecule has 0 aliphatic carbocycles. The van der Waals surface area contributed by atoms with Crippen LogP contribution in [-0.4, -0.2) is 68.7 Å². The largest absolute Gasteiger partial charge is 0.469 e. The molecule has 0 aliphatic heterocycles. The minimum atomic E-state index is -3.67. The van der Waals surface area contributed by atoms with Gasteiger partial charge in [-0.15, -0.1) is 0 Å². The Morgan fingerprint density at radius 2 is 1.04 bits per heavy atom. The van der Waals surface area contributed by atoms with Crippen molar-refractivity contribution in [3.63, 3.8) is 0 Å². The van der Waals surface area contributed by atoms with Crippen molar-refractivity contribution >= 4 is 32.2 Å². The van der Waals surface area contributed by atoms with Gasteiger partial charge in [0.05, 0.1) is 39.9 Å². The maximum Gasteiger partial charge on any atom is 0.305 e. The first kappa shape index (κ1) is 25.8. The first-order valence-electron chi connectivity index (χ1n) is 8.15. The third-order valence-corrected chi connectivity index (χ3v) is 5.22. The summed E-state index contributed by atoms with van der Waals surface area (Å²) in [4.78, 5) is 23.1. The molecule has 0 fully saturated rings. The summed E-state index contributed by atoms with van der Waals surface area (Å²) >= 11 is 0. The van der Waals surface area contributed by atoms with Crippen LogP contribution < -0.4 is 0 Å². The minimum Gasteiger partial charge on any atom is -0.469 e. The molecule has 0 aromatic heterocycles. The zero-order valence-electron chi connectivity index (χ0n) is 16.1. The highest BCUT2D eigenvalue weighted by Gasteiger charge is 2.32. The van der Waals surface area contributed by atoms with Crippen molar-refractivity contribution in [3.05, 3.63) is 0 Å². The fourth-order valence-corrected chi connectivity index (χ4v) is 3.28. The van der Waals surface area contributed by atoms with E-state index < -0.39 is 37.6 Å². The molecule has 0 saturated carbocycles. The predicted molar refractivity (Wildman–Crippen MR) is 95.8 cm³/mol. The molecular formula is C15H28O10S2. The van der Waals surface area contributed by atoms with Crippen LogP contribution in [0.2, 0.25) is 0 Å². The predicted octanol–water partition coefficient (Wildman–Crippen LogP) is 0.612. The van der Waals surface area contributed by atoms with Gasteiger partial charge in [-0.2, -0.15) is 16.8 Å². The monoisotopic (exact) mass is 432 g/mol. The van der Waals surface area contributed by atoms with Crippen molar-refractivity contribution in [3.8, 4) is 0 Å². The Bertz CT molecular complexity index is 621. The molecule has 0 spiro atoms. The lowest BCUT2D eigenvalue weighted by molar-refractivity contribution is -0.142. The number of ether oxygens (including phenoxy) is 2. The zero-order chi connectivity index (χ0) is 21.1. The highest BCUT2D eigenvalue weighted by molar-refractivity contribution is 7.86. The molecule has 0 atom stereocenters. The van der Waals surface area contributed by atoms with Gasteiger partial charge in [-0.05, 0) is 31.1 Å². The summed E-state index contributed by atoms with van der Waals surface area (Å²) < 4.78 is 63.7. The second-order valence-electron chi connectivity index (χ2n) is 6.20. The normalized spacial score (nSPS) is 12.6. The Balaban J connectivity index is 5.34. The maximum atomic E-state index is 11.6. The van der Waals surface area contributed by atoms with Crippen LogP contribution in [-0.2, 0) is 47.7 Å². The number of methoxy groups -OCH3 is 2. The van der Waals surface area contributed by atoms with Gasteiger partial charge in [0.2, 0.25) is 0 Å². The minimum absolute atomic E-state index is 0.00935. The summed E-state index contributed by atoms with van der Waals surface area (Å²) in [6.07, 6.45) is 2.63. The first-order chi connectivity index (χ1) is 12.3. The summed E-state index contributed by atoms with van der Waals surface area (Å²) in [5.74, 6) is -0.962. The average molecular weight is 433 g/mol. The number of rotatable bonds is 14. The van der Waals surface area contributed by atoms with E-state index in [1.807, 2.05) is 0 Å². The highest BCUT2D eigenvalue weighted by Crippen LogP contribution is 2.38. The SMILES string of the molecule is COC(=O)CCC(CCOS(C)(=O)=O)(CCOS(C)(=O)=O)CCC(=O)OC. The quantitative estimate of drug-likeness (QED) is 0.283. The van der Waals surface area contributed by atoms with Gasteiger partial charge >= 0.3 is 11.9 Å². The van der Waals surface area contributed by atoms with Gasteiger partial charge in [-0.25, -0.2) is 0 Å². The number of hydrogen-bond donors (Lipinski definition) is 0. The van der Waals surface area contributed by atoms with Gasteiger partial charge in [-0.1, -0.05) is 0 Å². The molecule has 0 rings (SSSR count). The van der Waals surface area contributed by atoms with Gasteiger partial charge < -0.3 is 9.47 Å². The summed E-state index contributed by atoms with van der Waals surface area (Å²) in [6, 6.07) is 0. The van der Waals surface area contributed by atoms with Crippen molar-refractivity contribution in [2.75, 3.05) is 39.9 Å². The van der Waals surface area contributed by atoms with E-state index in [0.717, 1.165) is 12.5 Å². The fourth-order valence-electron chi connectivity index (χ4n) is 2.51. The molecule has 0 aliphatic rings. The van der Waals surface area contributed by atoms with Gasteiger partial charge in [-0.3, -0.25) is 18.0 Å². The third-order valence-electron chi connectivity index (χ3n) is 4.03. The van der Waals surface area contributed by atoms with Crippen LogP contribution in [0.25, 0.3) is 0 Å². The van der Waals surface area contributed by atoms with Gasteiger partial charge in [0.15, 0.2) is 0 Å². The summed E-state index contributed by atoms with van der Waals surface area (Å²) in [6.45, 7) is -0.361. The Kier molecular flexibility index (Phi) is 11.0. The van der Waals surface area contributed by atoms with Crippen molar-refractivity contribution in [1.82, 2.24) is 0 Å². The topological polar surface area (TPSA) is 139 Å². The van der Waals surface area contributed by atoms with Gasteiger partial charge in [0, 0.05) is 12.8 Å². The van der Waals surface area contributed by atoms with E-state index in [-0.39, 0.29) is 51.7 Å². The molecule has 160 valence electrons. The lowest BCUT2D eigenvalue weighted by Crippen LogP contribution is -2.28. The zero-order valence-corrected chi connectivity index (χ0v) is 17.7. The number of carbonyl (C=O) groups excluding carboxylic acids is 2. The summed E-state index contributed by atoms with van der Waals surface area (Å²) in [5, 5.41) is 0. The summed E-state index contributed by atoms with van der Waals surface area (Å²) in [5.41, 5.74) is -0.780. The summed E-state index contributed by atoms with van der Waals surface area (Å²) in [7, 11) is -4.88. The number of esters is 2. The van der Waals surface area contributed by atoms with Crippen LogP contribution >= 0.6 is 0 Å². The second kappa shape index (κ2) is 11.6. The Hall–Kier alpha value is -1.24. The van der Waals surface area contributed by atoms with Crippen LogP contribution in [0, 0.1) is 5.41 Å². The molecule has 0 aromatic carbocycles. The molecule has 27 heavy (non-hydrogen) atoms. The lowest BCUT2D eigenvalue weighted by Gasteiger charge is -2.33. The molecule has 12 heteroatoms. The molecule has 0 aromatic rings. The second-order valence-corrected chi connectivity index (χ2v) is 9.49. The maximum absolute atomic E-state index is 11.6. The van der Waals surface area contributed by atoms with Gasteiger partial charge in [0.1, 0.15) is 0 Å². The first-order valence-corrected chi connectivity index (χ1v) is 11.8. The smallest absolute Gasteiger partial charge is 0.305 e. The average Bonchev–Trinajstić information content (AvgIpc) is 2.54. The van der Waals surface area contributed by atoms with Crippen LogP contribution in [0.15, 0.2) is 0 Å². The number of hydrogen-bond acceptors (Lipinski definition) is 10. The van der Waals surface area contributed by atoms with E-state index in [2.05, 4.69) is 9.47 Å². The van der Waals surface area contributed by atoms with E-state index in [1.54, 1.807) is 0 Å². The molecule has 0 saturated heterocycles. The highest BCUT2D eigenvalue weighted by atomic mass is 32.2. The van der Waals surface area contributed by atoms with Crippen molar-refractivity contribution in [2.24, 2.45) is 5.41 Å². The molecule has 0 amide bonds. The van der Waals surface area contributed by atoms with Crippen molar-refractivity contribution in [2.45, 2.75) is 38.5 Å². The van der Waals surface area contributed by atoms with Crippen LogP contribution in [0.1, 0.15) is 38.5 Å². The standard InChI is InChI=1S/C15H28O10S2/c1-22-13(16)5-7-15(8-6-14(17)23-2,9-11-24-26(3,18)19)10-12-25-27(4,20)21/h5-12H2,1-4H3. The van der Waals surface area contributed by atoms with E-state index in [4.69, 9.17) is 8.37 Å². The molecule has 0 radical (unpaired) electrons. The number of carbonyl (C=O) groups is 2. The molecule has 10 nitrogen and oxygen atoms in total. The van der Waals surface area contributed by atoms with E-state index in [1.165, 1.54) is 14.2 Å². The van der Waals surface area contributed by atoms with E-state index >= 15 is 0 Å². The third kappa shape index (κ3) is 13.6. The van der Waals surface area contributed by atoms with Crippen LogP contribution in [0.4, 0.5) is 0 Å². The molecule has 0 heterocycles. The van der Waals surface area contributed by atoms with Gasteiger partial charge in [0.25, 0.3) is 20.2 Å². The Morgan fingerprint density at radius 1 is 0.704 bits per heavy atom. The Labute approximate surface area is 160 Å². The molecule has 0 unspecified atom stereocenters. The van der Waals surface area contributed by atoms with E-state index in [0.29, 0.717) is 0 Å². The lowest BCUT2D eigenvalue weighted by atomic mass is 9.74. The molecule has 0 bridgehead atoms. The van der Waals surface area contributed by atoms with E-state index in [9.17, 15) is 26.4 Å².